The van der Waals surface area contributed by atoms with Crippen LogP contribution in [0.1, 0.15) is 58.5 Å². The fourth-order valence-corrected chi connectivity index (χ4v) is 5.01. The minimum absolute atomic E-state index is 0.111. The van der Waals surface area contributed by atoms with Crippen LogP contribution in [-0.4, -0.2) is 22.0 Å². The number of nitrogens with one attached hydrogen (secondary N) is 1. The number of carboxylic acids is 1. The molecule has 1 aromatic carbocycles. The van der Waals surface area contributed by atoms with Crippen LogP contribution >= 0.6 is 11.3 Å². The standard InChI is InChI=1S/C23H25N3O3S/c1-23(2,3)14-7-8-17-13(9-14)11-16-18(24)19(30-21(16)26-17)20(27)25-15-6-4-5-12(10-15)22(28)29/h4-6,10-11,14H,7-9,24H2,1-3H3,(H,25,27)(H,28,29). The van der Waals surface area contributed by atoms with Crippen LogP contribution in [0.2, 0.25) is 0 Å². The highest BCUT2D eigenvalue weighted by atomic mass is 32.1. The van der Waals surface area contributed by atoms with Gasteiger partial charge in [-0.15, -0.1) is 11.3 Å². The number of hydrogen-bond acceptors (Lipinski definition) is 5. The van der Waals surface area contributed by atoms with Crippen molar-refractivity contribution >= 4 is 44.8 Å². The van der Waals surface area contributed by atoms with Crippen molar-refractivity contribution in [3.05, 3.63) is 52.0 Å². The van der Waals surface area contributed by atoms with Crippen LogP contribution in [0.5, 0.6) is 0 Å². The number of amides is 1. The molecule has 0 bridgehead atoms. The second kappa shape index (κ2) is 7.40. The van der Waals surface area contributed by atoms with Crippen molar-refractivity contribution in [1.82, 2.24) is 4.98 Å². The molecule has 1 unspecified atom stereocenters. The third kappa shape index (κ3) is 3.77. The van der Waals surface area contributed by atoms with E-state index in [4.69, 9.17) is 15.8 Å². The second-order valence-electron chi connectivity index (χ2n) is 8.94. The number of pyridine rings is 1. The summed E-state index contributed by atoms with van der Waals surface area (Å²) >= 11 is 1.28. The van der Waals surface area contributed by atoms with Gasteiger partial charge >= 0.3 is 5.97 Å². The Labute approximate surface area is 179 Å². The summed E-state index contributed by atoms with van der Waals surface area (Å²) in [5, 5.41) is 12.7. The van der Waals surface area contributed by atoms with E-state index in [9.17, 15) is 9.59 Å². The van der Waals surface area contributed by atoms with Gasteiger partial charge in [-0.1, -0.05) is 26.8 Å². The lowest BCUT2D eigenvalue weighted by Crippen LogP contribution is -2.27. The van der Waals surface area contributed by atoms with Gasteiger partial charge < -0.3 is 16.2 Å². The Morgan fingerprint density at radius 2 is 2.03 bits per heavy atom. The molecule has 0 radical (unpaired) electrons. The molecular weight excluding hydrogens is 398 g/mol. The molecule has 2 aromatic heterocycles. The molecule has 1 atom stereocenters. The number of thiophene rings is 1. The van der Waals surface area contributed by atoms with Gasteiger partial charge in [-0.05, 0) is 60.4 Å². The molecule has 6 nitrogen and oxygen atoms in total. The number of carbonyl (C=O) groups is 2. The normalized spacial score (nSPS) is 16.3. The van der Waals surface area contributed by atoms with Crippen molar-refractivity contribution in [2.24, 2.45) is 11.3 Å². The predicted octanol–water partition coefficient (Wildman–Crippen LogP) is 4.98. The van der Waals surface area contributed by atoms with Crippen LogP contribution in [-0.2, 0) is 12.8 Å². The minimum Gasteiger partial charge on any atom is -0.478 e. The van der Waals surface area contributed by atoms with Gasteiger partial charge in [0.25, 0.3) is 5.91 Å². The largest absolute Gasteiger partial charge is 0.478 e. The number of carboxylic acid groups (broad SMARTS) is 1. The lowest BCUT2D eigenvalue weighted by Gasteiger charge is -2.34. The molecule has 1 aliphatic carbocycles. The number of aryl methyl sites for hydroxylation is 1. The second-order valence-corrected chi connectivity index (χ2v) is 9.94. The molecule has 4 rings (SSSR count). The minimum atomic E-state index is -1.05. The highest BCUT2D eigenvalue weighted by Crippen LogP contribution is 2.40. The number of hydrogen-bond donors (Lipinski definition) is 3. The van der Waals surface area contributed by atoms with Gasteiger partial charge in [0.15, 0.2) is 0 Å². The Morgan fingerprint density at radius 3 is 2.73 bits per heavy atom. The van der Waals surface area contributed by atoms with E-state index in [-0.39, 0.29) is 16.9 Å². The van der Waals surface area contributed by atoms with Gasteiger partial charge in [-0.3, -0.25) is 4.79 Å². The zero-order valence-corrected chi connectivity index (χ0v) is 18.1. The number of fused-ring (bicyclic) bond motifs is 2. The van der Waals surface area contributed by atoms with Gasteiger partial charge in [0, 0.05) is 16.8 Å². The van der Waals surface area contributed by atoms with E-state index in [0.29, 0.717) is 22.2 Å². The van der Waals surface area contributed by atoms with Crippen molar-refractivity contribution in [1.29, 1.82) is 0 Å². The monoisotopic (exact) mass is 423 g/mol. The van der Waals surface area contributed by atoms with E-state index in [1.54, 1.807) is 12.1 Å². The van der Waals surface area contributed by atoms with Gasteiger partial charge in [0.1, 0.15) is 9.71 Å². The van der Waals surface area contributed by atoms with Crippen molar-refractivity contribution < 1.29 is 14.7 Å². The first kappa shape index (κ1) is 20.3. The zero-order valence-electron chi connectivity index (χ0n) is 17.3. The maximum Gasteiger partial charge on any atom is 0.335 e. The van der Waals surface area contributed by atoms with Crippen molar-refractivity contribution in [3.8, 4) is 0 Å². The van der Waals surface area contributed by atoms with Gasteiger partial charge in [-0.2, -0.15) is 0 Å². The Kier molecular flexibility index (Phi) is 5.02. The number of aromatic nitrogens is 1. The first-order valence-electron chi connectivity index (χ1n) is 9.99. The van der Waals surface area contributed by atoms with Crippen molar-refractivity contribution in [2.45, 2.75) is 40.0 Å². The van der Waals surface area contributed by atoms with E-state index in [0.717, 1.165) is 35.2 Å². The van der Waals surface area contributed by atoms with Crippen LogP contribution in [0.25, 0.3) is 10.2 Å². The van der Waals surface area contributed by atoms with E-state index in [1.807, 2.05) is 0 Å². The first-order valence-corrected chi connectivity index (χ1v) is 10.8. The average Bonchev–Trinajstić information content (AvgIpc) is 3.01. The zero-order chi connectivity index (χ0) is 21.6. The lowest BCUT2D eigenvalue weighted by molar-refractivity contribution is 0.0696. The van der Waals surface area contributed by atoms with E-state index in [2.05, 4.69) is 32.2 Å². The van der Waals surface area contributed by atoms with Gasteiger partial charge in [0.05, 0.1) is 11.3 Å². The summed E-state index contributed by atoms with van der Waals surface area (Å²) in [6.45, 7) is 6.82. The number of benzene rings is 1. The number of aromatic carboxylic acids is 1. The number of nitrogens with two attached hydrogens (primary N) is 1. The molecule has 0 aliphatic heterocycles. The Balaban J connectivity index is 1.65. The fraction of sp³-hybridized carbons (Fsp3) is 0.348. The molecule has 4 N–H and O–H groups in total. The van der Waals surface area contributed by atoms with E-state index >= 15 is 0 Å². The molecule has 30 heavy (non-hydrogen) atoms. The Bertz CT molecular complexity index is 1160. The predicted molar refractivity (Wildman–Crippen MR) is 120 cm³/mol. The summed E-state index contributed by atoms with van der Waals surface area (Å²) in [6.07, 6.45) is 3.03. The topological polar surface area (TPSA) is 105 Å². The van der Waals surface area contributed by atoms with E-state index in [1.165, 1.54) is 29.0 Å². The van der Waals surface area contributed by atoms with Crippen molar-refractivity contribution in [3.63, 3.8) is 0 Å². The number of nitrogens with zero attached hydrogens (tertiary/aromatic N) is 1. The quantitative estimate of drug-likeness (QED) is 0.551. The summed E-state index contributed by atoms with van der Waals surface area (Å²) in [5.41, 5.74) is 9.85. The van der Waals surface area contributed by atoms with Crippen LogP contribution in [0.4, 0.5) is 11.4 Å². The molecule has 7 heteroatoms. The molecule has 0 spiro atoms. The average molecular weight is 424 g/mol. The molecule has 156 valence electrons. The number of nitrogen functional groups attached to an aromatic ring is 1. The number of carbonyl (C=O) groups excluding carboxylic acids is 1. The van der Waals surface area contributed by atoms with Crippen LogP contribution in [0.15, 0.2) is 30.3 Å². The van der Waals surface area contributed by atoms with Gasteiger partial charge in [-0.25, -0.2) is 9.78 Å². The molecule has 1 amide bonds. The third-order valence-electron chi connectivity index (χ3n) is 5.88. The molecule has 3 aromatic rings. The van der Waals surface area contributed by atoms with Crippen molar-refractivity contribution in [2.75, 3.05) is 11.1 Å². The molecule has 1 aliphatic rings. The Morgan fingerprint density at radius 1 is 1.27 bits per heavy atom. The summed E-state index contributed by atoms with van der Waals surface area (Å²) in [6, 6.07) is 8.24. The van der Waals surface area contributed by atoms with Crippen LogP contribution in [0.3, 0.4) is 0 Å². The highest BCUT2D eigenvalue weighted by molar-refractivity contribution is 7.21. The summed E-state index contributed by atoms with van der Waals surface area (Å²) in [7, 11) is 0. The molecule has 2 heterocycles. The molecular formula is C23H25N3O3S. The number of anilines is 2. The summed E-state index contributed by atoms with van der Waals surface area (Å²) in [5.74, 6) is -0.812. The SMILES string of the molecule is CC(C)(C)C1CCc2nc3sc(C(=O)Nc4cccc(C(=O)O)c4)c(N)c3cc2C1. The van der Waals surface area contributed by atoms with Crippen LogP contribution < -0.4 is 11.1 Å². The smallest absolute Gasteiger partial charge is 0.335 e. The Hall–Kier alpha value is -2.93. The maximum absolute atomic E-state index is 12.8. The number of rotatable bonds is 3. The molecule has 0 saturated carbocycles. The van der Waals surface area contributed by atoms with Crippen LogP contribution in [0, 0.1) is 11.3 Å². The molecule has 0 fully saturated rings. The fourth-order valence-electron chi connectivity index (χ4n) is 4.02. The van der Waals surface area contributed by atoms with E-state index < -0.39 is 5.97 Å². The summed E-state index contributed by atoms with van der Waals surface area (Å²) in [4.78, 5) is 30.0. The third-order valence-corrected chi connectivity index (χ3v) is 7.00. The molecule has 0 saturated heterocycles. The highest BCUT2D eigenvalue weighted by Gasteiger charge is 2.30. The maximum atomic E-state index is 12.8. The lowest BCUT2D eigenvalue weighted by atomic mass is 9.71. The first-order chi connectivity index (χ1) is 14.1. The van der Waals surface area contributed by atoms with Gasteiger partial charge in [0.2, 0.25) is 0 Å². The summed E-state index contributed by atoms with van der Waals surface area (Å²) < 4.78 is 0.